The van der Waals surface area contributed by atoms with Crippen LogP contribution in [0.2, 0.25) is 0 Å². The number of nitrogens with one attached hydrogen (secondary N) is 1. The Morgan fingerprint density at radius 3 is 2.95 bits per heavy atom. The molecule has 1 rings (SSSR count). The first-order chi connectivity index (χ1) is 9.06. The van der Waals surface area contributed by atoms with E-state index in [2.05, 4.69) is 5.32 Å². The molecule has 5 heteroatoms. The van der Waals surface area contributed by atoms with Gasteiger partial charge in [-0.15, -0.1) is 0 Å². The Balaban J connectivity index is 2.53. The van der Waals surface area contributed by atoms with E-state index in [4.69, 9.17) is 10.00 Å². The summed E-state index contributed by atoms with van der Waals surface area (Å²) in [5.74, 6) is -0.111. The average molecular weight is 261 g/mol. The fraction of sp³-hybridized carbons (Fsp3) is 0.429. The van der Waals surface area contributed by atoms with Crippen molar-refractivity contribution >= 4 is 11.6 Å². The third kappa shape index (κ3) is 5.08. The van der Waals surface area contributed by atoms with Crippen LogP contribution in [0.3, 0.4) is 0 Å². The van der Waals surface area contributed by atoms with E-state index >= 15 is 0 Å². The van der Waals surface area contributed by atoms with Gasteiger partial charge in [-0.25, -0.2) is 0 Å². The number of benzene rings is 1. The monoisotopic (exact) mass is 261 g/mol. The molecule has 0 aliphatic carbocycles. The minimum Gasteiger partial charge on any atom is -0.383 e. The second-order valence-electron chi connectivity index (χ2n) is 4.46. The van der Waals surface area contributed by atoms with Crippen molar-refractivity contribution in [3.63, 3.8) is 0 Å². The number of ether oxygens (including phenoxy) is 1. The van der Waals surface area contributed by atoms with Crippen LogP contribution in [0, 0.1) is 11.3 Å². The van der Waals surface area contributed by atoms with Crippen LogP contribution in [0.5, 0.6) is 0 Å². The van der Waals surface area contributed by atoms with Crippen molar-refractivity contribution in [3.05, 3.63) is 29.8 Å². The molecule has 0 aliphatic rings. The smallest absolute Gasteiger partial charge is 0.238 e. The SMILES string of the molecule is COCC(C)N(C)CC(=O)Nc1cccc(C#N)c1. The van der Waals surface area contributed by atoms with Crippen LogP contribution in [-0.2, 0) is 9.53 Å². The average Bonchev–Trinajstić information content (AvgIpc) is 2.39. The van der Waals surface area contributed by atoms with Crippen molar-refractivity contribution in [3.8, 4) is 6.07 Å². The van der Waals surface area contributed by atoms with Gasteiger partial charge in [0, 0.05) is 18.8 Å². The van der Waals surface area contributed by atoms with E-state index in [1.165, 1.54) is 0 Å². The number of nitriles is 1. The van der Waals surface area contributed by atoms with Gasteiger partial charge in [0.05, 0.1) is 24.8 Å². The predicted molar refractivity (Wildman–Crippen MR) is 73.8 cm³/mol. The second-order valence-corrected chi connectivity index (χ2v) is 4.46. The number of anilines is 1. The standard InChI is InChI=1S/C14H19N3O2/c1-11(10-19-3)17(2)9-14(18)16-13-6-4-5-12(7-13)8-15/h4-7,11H,9-10H2,1-3H3,(H,16,18). The maximum absolute atomic E-state index is 11.9. The van der Waals surface area contributed by atoms with Crippen LogP contribution in [0.15, 0.2) is 24.3 Å². The number of hydrogen-bond acceptors (Lipinski definition) is 4. The predicted octanol–water partition coefficient (Wildman–Crippen LogP) is 1.46. The first kappa shape index (κ1) is 15.2. The van der Waals surface area contributed by atoms with Gasteiger partial charge in [0.2, 0.25) is 5.91 Å². The lowest BCUT2D eigenvalue weighted by Crippen LogP contribution is -2.38. The first-order valence-electron chi connectivity index (χ1n) is 6.06. The highest BCUT2D eigenvalue weighted by Gasteiger charge is 2.13. The highest BCUT2D eigenvalue weighted by atomic mass is 16.5. The van der Waals surface area contributed by atoms with Crippen molar-refractivity contribution in [1.29, 1.82) is 5.26 Å². The van der Waals surface area contributed by atoms with Crippen molar-refractivity contribution in [2.75, 3.05) is 32.6 Å². The maximum atomic E-state index is 11.9. The van der Waals surface area contributed by atoms with Crippen molar-refractivity contribution < 1.29 is 9.53 Å². The number of carbonyl (C=O) groups excluding carboxylic acids is 1. The van der Waals surface area contributed by atoms with Gasteiger partial charge in [0.15, 0.2) is 0 Å². The molecule has 1 aromatic rings. The summed E-state index contributed by atoms with van der Waals surface area (Å²) < 4.78 is 5.05. The molecule has 0 saturated heterocycles. The van der Waals surface area contributed by atoms with Crippen LogP contribution < -0.4 is 5.32 Å². The summed E-state index contributed by atoms with van der Waals surface area (Å²) in [4.78, 5) is 13.8. The molecule has 19 heavy (non-hydrogen) atoms. The number of likely N-dealkylation sites (N-methyl/N-ethyl adjacent to an activating group) is 1. The Bertz CT molecular complexity index is 468. The minimum atomic E-state index is -0.111. The number of carbonyl (C=O) groups is 1. The fourth-order valence-corrected chi connectivity index (χ4v) is 1.62. The van der Waals surface area contributed by atoms with Crippen molar-refractivity contribution in [2.24, 2.45) is 0 Å². The van der Waals surface area contributed by atoms with Crippen LogP contribution in [0.1, 0.15) is 12.5 Å². The lowest BCUT2D eigenvalue weighted by molar-refractivity contribution is -0.117. The van der Waals surface area contributed by atoms with Gasteiger partial charge in [-0.2, -0.15) is 5.26 Å². The second kappa shape index (κ2) is 7.52. The molecule has 1 amide bonds. The molecule has 1 unspecified atom stereocenters. The summed E-state index contributed by atoms with van der Waals surface area (Å²) in [7, 11) is 3.51. The van der Waals surface area contributed by atoms with Crippen LogP contribution >= 0.6 is 0 Å². The zero-order valence-electron chi connectivity index (χ0n) is 11.5. The number of methoxy groups -OCH3 is 1. The van der Waals surface area contributed by atoms with E-state index < -0.39 is 0 Å². The van der Waals surface area contributed by atoms with Gasteiger partial charge in [0.25, 0.3) is 0 Å². The molecule has 0 aliphatic heterocycles. The highest BCUT2D eigenvalue weighted by molar-refractivity contribution is 5.92. The van der Waals surface area contributed by atoms with Gasteiger partial charge < -0.3 is 10.1 Å². The summed E-state index contributed by atoms with van der Waals surface area (Å²) in [6.07, 6.45) is 0. The van der Waals surface area contributed by atoms with Gasteiger partial charge in [-0.1, -0.05) is 6.07 Å². The molecule has 1 N–H and O–H groups in total. The molecule has 0 spiro atoms. The van der Waals surface area contributed by atoms with Crippen LogP contribution in [-0.4, -0.2) is 44.2 Å². The highest BCUT2D eigenvalue weighted by Crippen LogP contribution is 2.09. The summed E-state index contributed by atoms with van der Waals surface area (Å²) in [6, 6.07) is 9.05. The largest absolute Gasteiger partial charge is 0.383 e. The van der Waals surface area contributed by atoms with E-state index in [0.29, 0.717) is 17.9 Å². The summed E-state index contributed by atoms with van der Waals surface area (Å²) in [5.41, 5.74) is 1.16. The molecular formula is C14H19N3O2. The van der Waals surface area contributed by atoms with Crippen LogP contribution in [0.4, 0.5) is 5.69 Å². The molecule has 0 radical (unpaired) electrons. The molecule has 1 atom stereocenters. The zero-order valence-corrected chi connectivity index (χ0v) is 11.5. The Morgan fingerprint density at radius 1 is 1.58 bits per heavy atom. The molecule has 0 fully saturated rings. The van der Waals surface area contributed by atoms with Gasteiger partial charge >= 0.3 is 0 Å². The molecule has 0 heterocycles. The van der Waals surface area contributed by atoms with Crippen molar-refractivity contribution in [1.82, 2.24) is 4.90 Å². The Morgan fingerprint density at radius 2 is 2.32 bits per heavy atom. The third-order valence-electron chi connectivity index (χ3n) is 2.83. The molecule has 102 valence electrons. The molecule has 0 aromatic heterocycles. The van der Waals surface area contributed by atoms with Gasteiger partial charge in [-0.3, -0.25) is 9.69 Å². The van der Waals surface area contributed by atoms with E-state index in [1.54, 1.807) is 31.4 Å². The van der Waals surface area contributed by atoms with Crippen molar-refractivity contribution in [2.45, 2.75) is 13.0 Å². The zero-order chi connectivity index (χ0) is 14.3. The molecule has 0 saturated carbocycles. The Hall–Kier alpha value is -1.90. The van der Waals surface area contributed by atoms with Crippen LogP contribution in [0.25, 0.3) is 0 Å². The molecule has 5 nitrogen and oxygen atoms in total. The van der Waals surface area contributed by atoms with E-state index in [1.807, 2.05) is 24.9 Å². The maximum Gasteiger partial charge on any atom is 0.238 e. The summed E-state index contributed by atoms with van der Waals surface area (Å²) in [5, 5.41) is 11.6. The number of amides is 1. The third-order valence-corrected chi connectivity index (χ3v) is 2.83. The normalized spacial score (nSPS) is 11.9. The Kier molecular flexibility index (Phi) is 6.00. The quantitative estimate of drug-likeness (QED) is 0.842. The summed E-state index contributed by atoms with van der Waals surface area (Å²) >= 11 is 0. The van der Waals surface area contributed by atoms with E-state index in [-0.39, 0.29) is 18.5 Å². The van der Waals surface area contributed by atoms with E-state index in [0.717, 1.165) is 0 Å². The molecule has 0 bridgehead atoms. The lowest BCUT2D eigenvalue weighted by Gasteiger charge is -2.23. The number of hydrogen-bond donors (Lipinski definition) is 1. The van der Waals surface area contributed by atoms with E-state index in [9.17, 15) is 4.79 Å². The number of rotatable bonds is 6. The lowest BCUT2D eigenvalue weighted by atomic mass is 10.2. The molecular weight excluding hydrogens is 242 g/mol. The van der Waals surface area contributed by atoms with Gasteiger partial charge in [0.1, 0.15) is 0 Å². The topological polar surface area (TPSA) is 65.4 Å². The first-order valence-corrected chi connectivity index (χ1v) is 6.06. The Labute approximate surface area is 113 Å². The molecule has 1 aromatic carbocycles. The minimum absolute atomic E-state index is 0.111. The summed E-state index contributed by atoms with van der Waals surface area (Å²) in [6.45, 7) is 2.85. The fourth-order valence-electron chi connectivity index (χ4n) is 1.62. The number of nitrogens with zero attached hydrogens (tertiary/aromatic N) is 2. The van der Waals surface area contributed by atoms with Gasteiger partial charge in [-0.05, 0) is 32.2 Å².